The van der Waals surface area contributed by atoms with Gasteiger partial charge in [-0.2, -0.15) is 0 Å². The Morgan fingerprint density at radius 1 is 1.26 bits per heavy atom. The zero-order valence-electron chi connectivity index (χ0n) is 13.5. The van der Waals surface area contributed by atoms with E-state index in [1.54, 1.807) is 24.3 Å². The van der Waals surface area contributed by atoms with E-state index in [1.165, 1.54) is 6.42 Å². The van der Waals surface area contributed by atoms with Gasteiger partial charge >= 0.3 is 0 Å². The molecule has 1 heterocycles. The topological polar surface area (TPSA) is 49.4 Å². The van der Waals surface area contributed by atoms with E-state index in [2.05, 4.69) is 12.2 Å². The minimum atomic E-state index is -0.843. The first-order valence-corrected chi connectivity index (χ1v) is 8.83. The number of benzene rings is 1. The highest BCUT2D eigenvalue weighted by atomic mass is 35.5. The molecule has 1 aromatic rings. The summed E-state index contributed by atoms with van der Waals surface area (Å²) in [5, 5.41) is 3.50. The molecule has 1 aromatic carbocycles. The summed E-state index contributed by atoms with van der Waals surface area (Å²) in [6, 6.07) is 7.27. The van der Waals surface area contributed by atoms with Gasteiger partial charge in [0.1, 0.15) is 5.41 Å². The smallest absolute Gasteiger partial charge is 0.240 e. The van der Waals surface area contributed by atoms with E-state index in [9.17, 15) is 9.59 Å². The molecule has 0 radical (unpaired) electrons. The van der Waals surface area contributed by atoms with Crippen molar-refractivity contribution in [1.29, 1.82) is 0 Å². The van der Waals surface area contributed by atoms with Gasteiger partial charge in [-0.05, 0) is 62.8 Å². The maximum atomic E-state index is 13.0. The minimum absolute atomic E-state index is 0.0236. The van der Waals surface area contributed by atoms with Crippen LogP contribution in [0.2, 0.25) is 5.02 Å². The van der Waals surface area contributed by atoms with Crippen LogP contribution in [0, 0.1) is 5.41 Å². The number of likely N-dealkylation sites (tertiary alicyclic amines) is 1. The molecule has 4 nitrogen and oxygen atoms in total. The number of rotatable bonds is 4. The normalized spacial score (nSPS) is 22.5. The molecule has 2 aliphatic rings. The molecule has 1 aliphatic heterocycles. The van der Waals surface area contributed by atoms with Gasteiger partial charge in [0.15, 0.2) is 0 Å². The molecule has 2 amide bonds. The summed E-state index contributed by atoms with van der Waals surface area (Å²) in [4.78, 5) is 27.6. The highest BCUT2D eigenvalue weighted by molar-refractivity contribution is 6.30. The van der Waals surface area contributed by atoms with Crippen molar-refractivity contribution in [3.8, 4) is 0 Å². The van der Waals surface area contributed by atoms with Gasteiger partial charge in [0, 0.05) is 23.3 Å². The number of halogens is 1. The second kappa shape index (κ2) is 6.52. The summed E-state index contributed by atoms with van der Waals surface area (Å²) in [6.45, 7) is 2.90. The molecule has 1 N–H and O–H groups in total. The van der Waals surface area contributed by atoms with Gasteiger partial charge in [-0.3, -0.25) is 9.59 Å². The molecule has 1 saturated carbocycles. The lowest BCUT2D eigenvalue weighted by atomic mass is 9.95. The fourth-order valence-electron chi connectivity index (χ4n) is 3.41. The van der Waals surface area contributed by atoms with Crippen LogP contribution in [0.15, 0.2) is 24.3 Å². The van der Waals surface area contributed by atoms with E-state index < -0.39 is 5.41 Å². The maximum Gasteiger partial charge on any atom is 0.240 e. The molecule has 1 unspecified atom stereocenters. The molecule has 0 bridgehead atoms. The van der Waals surface area contributed by atoms with Crippen LogP contribution in [0.25, 0.3) is 0 Å². The summed E-state index contributed by atoms with van der Waals surface area (Å²) in [7, 11) is 0. The first kappa shape index (κ1) is 16.3. The van der Waals surface area contributed by atoms with Gasteiger partial charge in [0.25, 0.3) is 0 Å². The van der Waals surface area contributed by atoms with Crippen LogP contribution in [0.4, 0.5) is 5.69 Å². The monoisotopic (exact) mass is 334 g/mol. The lowest BCUT2D eigenvalue weighted by Gasteiger charge is -2.37. The molecule has 2 fully saturated rings. The van der Waals surface area contributed by atoms with Crippen molar-refractivity contribution in [2.75, 3.05) is 11.9 Å². The average Bonchev–Trinajstić information content (AvgIpc) is 3.38. The fraction of sp³-hybridized carbons (Fsp3) is 0.556. The molecule has 1 saturated heterocycles. The number of piperidine rings is 1. The molecule has 1 aliphatic carbocycles. The second-order valence-electron chi connectivity index (χ2n) is 6.60. The van der Waals surface area contributed by atoms with E-state index in [-0.39, 0.29) is 17.9 Å². The Hall–Kier alpha value is -1.55. The van der Waals surface area contributed by atoms with E-state index in [4.69, 9.17) is 11.6 Å². The Balaban J connectivity index is 1.71. The van der Waals surface area contributed by atoms with Gasteiger partial charge in [-0.1, -0.05) is 18.5 Å². The molecular weight excluding hydrogens is 312 g/mol. The summed E-state index contributed by atoms with van der Waals surface area (Å²) in [5.41, 5.74) is -0.158. The lowest BCUT2D eigenvalue weighted by Crippen LogP contribution is -2.49. The van der Waals surface area contributed by atoms with Crippen LogP contribution < -0.4 is 5.32 Å². The lowest BCUT2D eigenvalue weighted by molar-refractivity contribution is -0.145. The van der Waals surface area contributed by atoms with Crippen molar-refractivity contribution in [2.24, 2.45) is 5.41 Å². The van der Waals surface area contributed by atoms with Crippen LogP contribution in [-0.2, 0) is 9.59 Å². The molecule has 0 spiro atoms. The number of carbonyl (C=O) groups excluding carboxylic acids is 2. The van der Waals surface area contributed by atoms with Gasteiger partial charge in [0.05, 0.1) is 0 Å². The molecule has 124 valence electrons. The third-order valence-corrected chi connectivity index (χ3v) is 5.31. The third-order valence-electron chi connectivity index (χ3n) is 5.06. The number of amides is 2. The quantitative estimate of drug-likeness (QED) is 0.850. The predicted octanol–water partition coefficient (Wildman–Crippen LogP) is 3.85. The van der Waals surface area contributed by atoms with Crippen molar-refractivity contribution in [3.05, 3.63) is 29.3 Å². The van der Waals surface area contributed by atoms with Gasteiger partial charge in [-0.25, -0.2) is 0 Å². The van der Waals surface area contributed by atoms with Crippen molar-refractivity contribution in [1.82, 2.24) is 4.90 Å². The van der Waals surface area contributed by atoms with Crippen LogP contribution in [0.1, 0.15) is 45.4 Å². The Morgan fingerprint density at radius 3 is 2.57 bits per heavy atom. The van der Waals surface area contributed by atoms with E-state index in [0.29, 0.717) is 23.6 Å². The number of carbonyl (C=O) groups is 2. The Bertz CT molecular complexity index is 596. The number of anilines is 1. The van der Waals surface area contributed by atoms with Gasteiger partial charge in [0.2, 0.25) is 11.8 Å². The molecule has 3 rings (SSSR count). The Kier molecular flexibility index (Phi) is 4.62. The first-order valence-electron chi connectivity index (χ1n) is 8.45. The van der Waals surface area contributed by atoms with Gasteiger partial charge in [-0.15, -0.1) is 0 Å². The summed E-state index contributed by atoms with van der Waals surface area (Å²) >= 11 is 5.86. The van der Waals surface area contributed by atoms with Crippen LogP contribution >= 0.6 is 11.6 Å². The SMILES string of the molecule is CCC1CCCCN1C(=O)C1(C(=O)Nc2ccc(Cl)cc2)CC1. The second-order valence-corrected chi connectivity index (χ2v) is 7.04. The molecule has 1 atom stereocenters. The number of hydrogen-bond donors (Lipinski definition) is 1. The molecule has 0 aromatic heterocycles. The molecule has 5 heteroatoms. The average molecular weight is 335 g/mol. The summed E-state index contributed by atoms with van der Waals surface area (Å²) in [6.07, 6.45) is 5.53. The van der Waals surface area contributed by atoms with Crippen molar-refractivity contribution < 1.29 is 9.59 Å². The number of hydrogen-bond acceptors (Lipinski definition) is 2. The molecular formula is C18H23ClN2O2. The van der Waals surface area contributed by atoms with Gasteiger partial charge < -0.3 is 10.2 Å². The zero-order valence-corrected chi connectivity index (χ0v) is 14.2. The first-order chi connectivity index (χ1) is 11.1. The minimum Gasteiger partial charge on any atom is -0.339 e. The summed E-state index contributed by atoms with van der Waals surface area (Å²) < 4.78 is 0. The van der Waals surface area contributed by atoms with Crippen LogP contribution in [0.3, 0.4) is 0 Å². The third kappa shape index (κ3) is 3.23. The standard InChI is InChI=1S/C18H23ClN2O2/c1-2-15-5-3-4-12-21(15)17(23)18(10-11-18)16(22)20-14-8-6-13(19)7-9-14/h6-9,15H,2-5,10-12H2,1H3,(H,20,22). The summed E-state index contributed by atoms with van der Waals surface area (Å²) in [5.74, 6) is -0.152. The van der Waals surface area contributed by atoms with Crippen molar-refractivity contribution in [2.45, 2.75) is 51.5 Å². The number of nitrogens with one attached hydrogen (secondary N) is 1. The number of nitrogens with zero attached hydrogens (tertiary/aromatic N) is 1. The van der Waals surface area contributed by atoms with E-state index in [1.807, 2.05) is 4.90 Å². The van der Waals surface area contributed by atoms with E-state index in [0.717, 1.165) is 25.8 Å². The highest BCUT2D eigenvalue weighted by Gasteiger charge is 2.58. The van der Waals surface area contributed by atoms with E-state index >= 15 is 0 Å². The maximum absolute atomic E-state index is 13.0. The molecule has 23 heavy (non-hydrogen) atoms. The zero-order chi connectivity index (χ0) is 16.4. The largest absolute Gasteiger partial charge is 0.339 e. The van der Waals surface area contributed by atoms with Crippen molar-refractivity contribution >= 4 is 29.1 Å². The predicted molar refractivity (Wildman–Crippen MR) is 91.4 cm³/mol. The fourth-order valence-corrected chi connectivity index (χ4v) is 3.54. The van der Waals surface area contributed by atoms with Crippen LogP contribution in [0.5, 0.6) is 0 Å². The Labute approximate surface area is 142 Å². The Morgan fingerprint density at radius 2 is 1.96 bits per heavy atom. The van der Waals surface area contributed by atoms with Crippen LogP contribution in [-0.4, -0.2) is 29.3 Å². The highest BCUT2D eigenvalue weighted by Crippen LogP contribution is 2.49. The van der Waals surface area contributed by atoms with Crippen molar-refractivity contribution in [3.63, 3.8) is 0 Å².